The predicted octanol–water partition coefficient (Wildman–Crippen LogP) is 3.81. The number of carbonyl (C=O) groups excluding carboxylic acids is 1. The van der Waals surface area contributed by atoms with Gasteiger partial charge in [0.05, 0.1) is 19.1 Å². The Morgan fingerprint density at radius 3 is 2.45 bits per heavy atom. The first-order chi connectivity index (χ1) is 10.6. The maximum absolute atomic E-state index is 12.2. The summed E-state index contributed by atoms with van der Waals surface area (Å²) in [4.78, 5) is 12.2. The Kier molecular flexibility index (Phi) is 5.59. The van der Waals surface area contributed by atoms with Gasteiger partial charge in [0.15, 0.2) is 0 Å². The van der Waals surface area contributed by atoms with Crippen LogP contribution in [0.25, 0.3) is 0 Å². The summed E-state index contributed by atoms with van der Waals surface area (Å²) in [6.45, 7) is 6.63. The normalized spacial score (nSPS) is 11.8. The number of nitrogens with one attached hydrogen (secondary N) is 1. The van der Waals surface area contributed by atoms with Gasteiger partial charge in [-0.15, -0.1) is 0 Å². The van der Waals surface area contributed by atoms with Crippen LogP contribution in [0.2, 0.25) is 0 Å². The summed E-state index contributed by atoms with van der Waals surface area (Å²) in [5.74, 6) is 0.889. The van der Waals surface area contributed by atoms with Crippen LogP contribution in [0, 0.1) is 6.92 Å². The fourth-order valence-electron chi connectivity index (χ4n) is 2.38. The van der Waals surface area contributed by atoms with Crippen LogP contribution in [-0.4, -0.2) is 12.5 Å². The third kappa shape index (κ3) is 4.35. The molecule has 0 bridgehead atoms. The zero-order chi connectivity index (χ0) is 15.9. The van der Waals surface area contributed by atoms with Crippen LogP contribution in [0.3, 0.4) is 0 Å². The number of aryl methyl sites for hydroxylation is 1. The van der Waals surface area contributed by atoms with Crippen molar-refractivity contribution in [2.24, 2.45) is 0 Å². The Labute approximate surface area is 132 Å². The van der Waals surface area contributed by atoms with Gasteiger partial charge in [0, 0.05) is 0 Å². The number of ether oxygens (including phenoxy) is 1. The van der Waals surface area contributed by atoms with Crippen molar-refractivity contribution in [1.82, 2.24) is 5.32 Å². The maximum atomic E-state index is 12.2. The van der Waals surface area contributed by atoms with E-state index in [4.69, 9.17) is 4.74 Å². The molecule has 3 heteroatoms. The highest BCUT2D eigenvalue weighted by Gasteiger charge is 2.11. The zero-order valence-corrected chi connectivity index (χ0v) is 13.4. The summed E-state index contributed by atoms with van der Waals surface area (Å²) >= 11 is 0. The smallest absolute Gasteiger partial charge is 0.224 e. The summed E-state index contributed by atoms with van der Waals surface area (Å²) in [5, 5.41) is 3.04. The van der Waals surface area contributed by atoms with E-state index in [1.54, 1.807) is 0 Å². The van der Waals surface area contributed by atoms with Crippen molar-refractivity contribution in [3.63, 3.8) is 0 Å². The van der Waals surface area contributed by atoms with Gasteiger partial charge in [0.1, 0.15) is 5.75 Å². The van der Waals surface area contributed by atoms with Crippen molar-refractivity contribution in [3.8, 4) is 5.75 Å². The van der Waals surface area contributed by atoms with Crippen LogP contribution in [0.15, 0.2) is 48.5 Å². The highest BCUT2D eigenvalue weighted by atomic mass is 16.5. The summed E-state index contributed by atoms with van der Waals surface area (Å²) in [6, 6.07) is 15.8. The number of amides is 1. The van der Waals surface area contributed by atoms with Gasteiger partial charge >= 0.3 is 0 Å². The maximum Gasteiger partial charge on any atom is 0.224 e. The fourth-order valence-corrected chi connectivity index (χ4v) is 2.38. The average Bonchev–Trinajstić information content (AvgIpc) is 2.50. The first-order valence-corrected chi connectivity index (χ1v) is 7.66. The second-order valence-electron chi connectivity index (χ2n) is 5.39. The van der Waals surface area contributed by atoms with Gasteiger partial charge in [-0.25, -0.2) is 0 Å². The minimum atomic E-state index is -0.0211. The largest absolute Gasteiger partial charge is 0.494 e. The van der Waals surface area contributed by atoms with E-state index in [1.165, 1.54) is 0 Å². The molecule has 1 atom stereocenters. The molecule has 2 aromatic carbocycles. The Morgan fingerprint density at radius 2 is 1.82 bits per heavy atom. The molecule has 1 N–H and O–H groups in total. The molecule has 0 aliphatic carbocycles. The average molecular weight is 297 g/mol. The fraction of sp³-hybridized carbons (Fsp3) is 0.316. The molecule has 2 aromatic rings. The van der Waals surface area contributed by atoms with Gasteiger partial charge in [0.2, 0.25) is 5.91 Å². The van der Waals surface area contributed by atoms with Crippen molar-refractivity contribution in [2.45, 2.75) is 33.2 Å². The summed E-state index contributed by atoms with van der Waals surface area (Å²) in [7, 11) is 0. The van der Waals surface area contributed by atoms with Gasteiger partial charge in [-0.05, 0) is 49.6 Å². The Bertz CT molecular complexity index is 620. The molecule has 0 saturated carbocycles. The van der Waals surface area contributed by atoms with Gasteiger partial charge < -0.3 is 10.1 Å². The molecule has 0 unspecified atom stereocenters. The molecule has 0 aromatic heterocycles. The molecule has 0 saturated heterocycles. The molecule has 0 aliphatic rings. The van der Waals surface area contributed by atoms with E-state index < -0.39 is 0 Å². The van der Waals surface area contributed by atoms with Crippen molar-refractivity contribution in [1.29, 1.82) is 0 Å². The van der Waals surface area contributed by atoms with Crippen LogP contribution in [-0.2, 0) is 11.2 Å². The summed E-state index contributed by atoms with van der Waals surface area (Å²) < 4.78 is 5.43. The van der Waals surface area contributed by atoms with Gasteiger partial charge in [0.25, 0.3) is 0 Å². The number of hydrogen-bond acceptors (Lipinski definition) is 2. The first-order valence-electron chi connectivity index (χ1n) is 7.66. The minimum absolute atomic E-state index is 0.0211. The highest BCUT2D eigenvalue weighted by Crippen LogP contribution is 2.18. The monoisotopic (exact) mass is 297 g/mol. The quantitative estimate of drug-likeness (QED) is 0.880. The third-order valence-electron chi connectivity index (χ3n) is 3.68. The highest BCUT2D eigenvalue weighted by molar-refractivity contribution is 5.79. The topological polar surface area (TPSA) is 38.3 Å². The van der Waals surface area contributed by atoms with E-state index in [2.05, 4.69) is 5.32 Å². The molecule has 22 heavy (non-hydrogen) atoms. The molecule has 0 aliphatic heterocycles. The van der Waals surface area contributed by atoms with E-state index in [1.807, 2.05) is 69.3 Å². The van der Waals surface area contributed by atoms with Crippen LogP contribution in [0.5, 0.6) is 5.75 Å². The predicted molar refractivity (Wildman–Crippen MR) is 89.1 cm³/mol. The lowest BCUT2D eigenvalue weighted by Gasteiger charge is -2.15. The van der Waals surface area contributed by atoms with Gasteiger partial charge in [-0.1, -0.05) is 36.4 Å². The molecule has 2 rings (SSSR count). The van der Waals surface area contributed by atoms with Crippen molar-refractivity contribution in [3.05, 3.63) is 65.2 Å². The van der Waals surface area contributed by atoms with Crippen LogP contribution in [0.1, 0.15) is 36.6 Å². The van der Waals surface area contributed by atoms with Crippen molar-refractivity contribution >= 4 is 5.91 Å². The number of benzene rings is 2. The van der Waals surface area contributed by atoms with Crippen LogP contribution >= 0.6 is 0 Å². The van der Waals surface area contributed by atoms with Crippen molar-refractivity contribution < 1.29 is 9.53 Å². The number of hydrogen-bond donors (Lipinski definition) is 1. The number of carbonyl (C=O) groups is 1. The second-order valence-corrected chi connectivity index (χ2v) is 5.39. The zero-order valence-electron chi connectivity index (χ0n) is 13.4. The Morgan fingerprint density at radius 1 is 1.14 bits per heavy atom. The van der Waals surface area contributed by atoms with E-state index in [-0.39, 0.29) is 11.9 Å². The molecule has 1 amide bonds. The lowest BCUT2D eigenvalue weighted by Crippen LogP contribution is -2.28. The van der Waals surface area contributed by atoms with E-state index >= 15 is 0 Å². The van der Waals surface area contributed by atoms with Gasteiger partial charge in [-0.2, -0.15) is 0 Å². The lowest BCUT2D eigenvalue weighted by atomic mass is 10.0. The Hall–Kier alpha value is -2.29. The van der Waals surface area contributed by atoms with E-state index in [9.17, 15) is 4.79 Å². The standard InChI is InChI=1S/C19H23NO2/c1-4-22-18-11-9-16(10-12-18)15(3)20-19(21)13-17-8-6-5-7-14(17)2/h5-12,15H,4,13H2,1-3H3,(H,20,21)/t15-/m1/s1. The molecule has 3 nitrogen and oxygen atoms in total. The van der Waals surface area contributed by atoms with Gasteiger partial charge in [-0.3, -0.25) is 4.79 Å². The van der Waals surface area contributed by atoms with Crippen LogP contribution < -0.4 is 10.1 Å². The molecule has 0 radical (unpaired) electrons. The summed E-state index contributed by atoms with van der Waals surface area (Å²) in [6.07, 6.45) is 0.411. The second kappa shape index (κ2) is 7.64. The minimum Gasteiger partial charge on any atom is -0.494 e. The van der Waals surface area contributed by atoms with E-state index in [0.717, 1.165) is 22.4 Å². The van der Waals surface area contributed by atoms with Crippen molar-refractivity contribution in [2.75, 3.05) is 6.61 Å². The molecule has 0 spiro atoms. The SMILES string of the molecule is CCOc1ccc([C@@H](C)NC(=O)Cc2ccccc2C)cc1. The molecule has 0 heterocycles. The summed E-state index contributed by atoms with van der Waals surface area (Å²) in [5.41, 5.74) is 3.28. The van der Waals surface area contributed by atoms with Crippen LogP contribution in [0.4, 0.5) is 0 Å². The molecular weight excluding hydrogens is 274 g/mol. The molecule has 0 fully saturated rings. The molecular formula is C19H23NO2. The lowest BCUT2D eigenvalue weighted by molar-refractivity contribution is -0.121. The third-order valence-corrected chi connectivity index (χ3v) is 3.68. The van der Waals surface area contributed by atoms with E-state index in [0.29, 0.717) is 13.0 Å². The molecule has 116 valence electrons. The first kappa shape index (κ1) is 16.1. The number of rotatable bonds is 6. The Balaban J connectivity index is 1.94.